The molecule has 248 valence electrons. The molecule has 5 aromatic heterocycles. The van der Waals surface area contributed by atoms with Crippen molar-refractivity contribution in [1.82, 2.24) is 39.5 Å². The number of hydrogen-bond donors (Lipinski definition) is 0. The number of imidazole rings is 1. The second kappa shape index (κ2) is 12.7. The van der Waals surface area contributed by atoms with Crippen molar-refractivity contribution in [3.05, 3.63) is 170 Å². The molecule has 0 N–H and O–H groups in total. The molecule has 53 heavy (non-hydrogen) atoms. The highest BCUT2D eigenvalue weighted by Crippen LogP contribution is 2.40. The number of fused-ring (bicyclic) bond motifs is 5. The third kappa shape index (κ3) is 5.37. The van der Waals surface area contributed by atoms with Gasteiger partial charge in [0.05, 0.1) is 22.2 Å². The number of hydrogen-bond acceptors (Lipinski definition) is 7. The summed E-state index contributed by atoms with van der Waals surface area (Å²) in [5, 5.41) is 3.18. The molecule has 0 aliphatic heterocycles. The highest BCUT2D eigenvalue weighted by molar-refractivity contribution is 6.20. The maximum atomic E-state index is 5.41. The third-order valence-electron chi connectivity index (χ3n) is 9.47. The van der Waals surface area contributed by atoms with Gasteiger partial charge in [-0.15, -0.1) is 0 Å². The van der Waals surface area contributed by atoms with Crippen molar-refractivity contribution in [1.29, 1.82) is 0 Å². The zero-order valence-electron chi connectivity index (χ0n) is 28.2. The first-order valence-electron chi connectivity index (χ1n) is 17.3. The molecular weight excluding hydrogens is 653 g/mol. The zero-order valence-corrected chi connectivity index (χ0v) is 28.2. The molecule has 0 bridgehead atoms. The second-order valence-corrected chi connectivity index (χ2v) is 12.7. The van der Waals surface area contributed by atoms with Gasteiger partial charge in [0.15, 0.2) is 17.5 Å². The van der Waals surface area contributed by atoms with E-state index in [4.69, 9.17) is 24.9 Å². The van der Waals surface area contributed by atoms with E-state index in [1.54, 1.807) is 24.8 Å². The highest BCUT2D eigenvalue weighted by atomic mass is 15.1. The molecule has 0 saturated carbocycles. The molecule has 5 aromatic carbocycles. The largest absolute Gasteiger partial charge is 0.292 e. The smallest absolute Gasteiger partial charge is 0.164 e. The summed E-state index contributed by atoms with van der Waals surface area (Å²) < 4.78 is 2.24. The minimum Gasteiger partial charge on any atom is -0.292 e. The maximum absolute atomic E-state index is 5.41. The summed E-state index contributed by atoms with van der Waals surface area (Å²) in [5.74, 6) is 2.58. The number of nitrogens with zero attached hydrogens (tertiary/aromatic N) is 8. The molecule has 10 rings (SSSR count). The Balaban J connectivity index is 1.18. The Kier molecular flexibility index (Phi) is 7.28. The number of aromatic nitrogens is 8. The Morgan fingerprint density at radius 2 is 0.925 bits per heavy atom. The number of para-hydroxylation sites is 2. The first kappa shape index (κ1) is 30.4. The standard InChI is InChI=1S/C45H28N8/c1-3-9-33(10-4-1)45-49-41-38(53(45)34-11-5-2-6-12-34)20-19-36-35-13-7-8-14-37(35)48-40(39(36)41)29-15-17-30(18-16-29)42-50-43(31-21-25-46-26-22-31)52-44(51-42)32-23-27-47-28-24-32/h1-28H. The van der Waals surface area contributed by atoms with Crippen molar-refractivity contribution >= 4 is 32.7 Å². The van der Waals surface area contributed by atoms with Crippen LogP contribution < -0.4 is 0 Å². The van der Waals surface area contributed by atoms with Crippen molar-refractivity contribution in [3.63, 3.8) is 0 Å². The molecule has 0 spiro atoms. The lowest BCUT2D eigenvalue weighted by atomic mass is 9.98. The van der Waals surface area contributed by atoms with E-state index < -0.39 is 0 Å². The molecular formula is C45H28N8. The SMILES string of the molecule is c1ccc(-c2nc3c4c(-c5ccc(-c6nc(-c7ccncc7)nc(-c7ccncc7)n6)cc5)nc5ccccc5c4ccc3n2-c2ccccc2)cc1. The molecule has 0 aliphatic carbocycles. The van der Waals surface area contributed by atoms with Gasteiger partial charge in [-0.25, -0.2) is 24.9 Å². The van der Waals surface area contributed by atoms with Crippen LogP contribution in [0.4, 0.5) is 0 Å². The van der Waals surface area contributed by atoms with Crippen molar-refractivity contribution in [2.24, 2.45) is 0 Å². The van der Waals surface area contributed by atoms with E-state index in [0.717, 1.165) is 77.7 Å². The van der Waals surface area contributed by atoms with Gasteiger partial charge < -0.3 is 0 Å². The summed E-state index contributed by atoms with van der Waals surface area (Å²) >= 11 is 0. The van der Waals surface area contributed by atoms with Crippen LogP contribution in [0.25, 0.3) is 95.2 Å². The molecule has 5 heterocycles. The fourth-order valence-electron chi connectivity index (χ4n) is 6.95. The Labute approximate surface area is 304 Å². The van der Waals surface area contributed by atoms with E-state index in [-0.39, 0.29) is 0 Å². The van der Waals surface area contributed by atoms with E-state index in [9.17, 15) is 0 Å². The average Bonchev–Trinajstić information content (AvgIpc) is 3.65. The summed E-state index contributed by atoms with van der Waals surface area (Å²) in [6, 6.07) is 49.4. The van der Waals surface area contributed by atoms with E-state index in [1.807, 2.05) is 42.5 Å². The van der Waals surface area contributed by atoms with Crippen LogP contribution >= 0.6 is 0 Å². The van der Waals surface area contributed by atoms with Crippen LogP contribution in [-0.4, -0.2) is 39.5 Å². The van der Waals surface area contributed by atoms with Crippen molar-refractivity contribution in [2.75, 3.05) is 0 Å². The van der Waals surface area contributed by atoms with Gasteiger partial charge in [-0.2, -0.15) is 0 Å². The Bertz CT molecular complexity index is 2850. The number of benzene rings is 5. The summed E-state index contributed by atoms with van der Waals surface area (Å²) in [6.07, 6.45) is 6.96. The van der Waals surface area contributed by atoms with Crippen LogP contribution in [0.3, 0.4) is 0 Å². The van der Waals surface area contributed by atoms with Gasteiger partial charge in [0.2, 0.25) is 0 Å². The summed E-state index contributed by atoms with van der Waals surface area (Å²) in [7, 11) is 0. The average molecular weight is 681 g/mol. The molecule has 8 nitrogen and oxygen atoms in total. The van der Waals surface area contributed by atoms with Gasteiger partial charge in [0.25, 0.3) is 0 Å². The fraction of sp³-hybridized carbons (Fsp3) is 0. The molecule has 0 fully saturated rings. The molecule has 0 atom stereocenters. The quantitative estimate of drug-likeness (QED) is 0.161. The summed E-state index contributed by atoms with van der Waals surface area (Å²) in [5.41, 5.74) is 9.30. The monoisotopic (exact) mass is 680 g/mol. The molecule has 0 aliphatic rings. The van der Waals surface area contributed by atoms with Crippen molar-refractivity contribution in [2.45, 2.75) is 0 Å². The molecule has 0 radical (unpaired) electrons. The van der Waals surface area contributed by atoms with Gasteiger partial charge in [0, 0.05) is 69.1 Å². The minimum absolute atomic E-state index is 0.568. The van der Waals surface area contributed by atoms with Gasteiger partial charge in [-0.3, -0.25) is 14.5 Å². The van der Waals surface area contributed by atoms with Crippen LogP contribution in [0.15, 0.2) is 170 Å². The predicted octanol–water partition coefficient (Wildman–Crippen LogP) is 10.0. The Morgan fingerprint density at radius 1 is 0.377 bits per heavy atom. The van der Waals surface area contributed by atoms with Gasteiger partial charge in [0.1, 0.15) is 5.82 Å². The van der Waals surface area contributed by atoms with E-state index in [2.05, 4.69) is 118 Å². The predicted molar refractivity (Wildman–Crippen MR) is 210 cm³/mol. The molecule has 8 heteroatoms. The van der Waals surface area contributed by atoms with Gasteiger partial charge >= 0.3 is 0 Å². The lowest BCUT2D eigenvalue weighted by molar-refractivity contribution is 1.07. The molecule has 0 saturated heterocycles. The lowest BCUT2D eigenvalue weighted by Crippen LogP contribution is -2.00. The number of pyridine rings is 3. The maximum Gasteiger partial charge on any atom is 0.164 e. The van der Waals surface area contributed by atoms with E-state index in [1.165, 1.54) is 0 Å². The first-order chi connectivity index (χ1) is 26.3. The molecule has 0 amide bonds. The minimum atomic E-state index is 0.568. The number of rotatable bonds is 6. The topological polar surface area (TPSA) is 95.2 Å². The highest BCUT2D eigenvalue weighted by Gasteiger charge is 2.21. The zero-order chi connectivity index (χ0) is 35.1. The summed E-state index contributed by atoms with van der Waals surface area (Å²) in [4.78, 5) is 33.7. The van der Waals surface area contributed by atoms with Crippen LogP contribution in [0.5, 0.6) is 0 Å². The molecule has 0 unspecified atom stereocenters. The third-order valence-corrected chi connectivity index (χ3v) is 9.47. The van der Waals surface area contributed by atoms with Gasteiger partial charge in [-0.1, -0.05) is 97.1 Å². The van der Waals surface area contributed by atoms with Crippen molar-refractivity contribution < 1.29 is 0 Å². The lowest BCUT2D eigenvalue weighted by Gasteiger charge is -2.13. The normalized spacial score (nSPS) is 11.4. The van der Waals surface area contributed by atoms with E-state index in [0.29, 0.717) is 17.5 Å². The first-order valence-corrected chi connectivity index (χ1v) is 17.3. The Morgan fingerprint density at radius 3 is 1.57 bits per heavy atom. The summed E-state index contributed by atoms with van der Waals surface area (Å²) in [6.45, 7) is 0. The van der Waals surface area contributed by atoms with Crippen LogP contribution in [0.1, 0.15) is 0 Å². The molecule has 10 aromatic rings. The van der Waals surface area contributed by atoms with E-state index >= 15 is 0 Å². The Hall–Kier alpha value is -7.45. The second-order valence-electron chi connectivity index (χ2n) is 12.7. The van der Waals surface area contributed by atoms with Crippen molar-refractivity contribution in [3.8, 4) is 62.5 Å². The van der Waals surface area contributed by atoms with Crippen LogP contribution in [-0.2, 0) is 0 Å². The van der Waals surface area contributed by atoms with Crippen LogP contribution in [0, 0.1) is 0 Å². The van der Waals surface area contributed by atoms with Gasteiger partial charge in [-0.05, 0) is 53.9 Å². The fourth-order valence-corrected chi connectivity index (χ4v) is 6.95. The van der Waals surface area contributed by atoms with Crippen LogP contribution in [0.2, 0.25) is 0 Å².